The molecule has 0 radical (unpaired) electrons. The van der Waals surface area contributed by atoms with Crippen molar-refractivity contribution < 1.29 is 18.0 Å². The third-order valence-corrected chi connectivity index (χ3v) is 6.09. The summed E-state index contributed by atoms with van der Waals surface area (Å²) < 4.78 is 41.6. The van der Waals surface area contributed by atoms with Crippen molar-refractivity contribution in [1.29, 1.82) is 0 Å². The first-order chi connectivity index (χ1) is 17.3. The Balaban J connectivity index is 1.61. The highest BCUT2D eigenvalue weighted by Crippen LogP contribution is 2.33. The molecule has 0 unspecified atom stereocenters. The number of rotatable bonds is 5. The summed E-state index contributed by atoms with van der Waals surface area (Å²) in [7, 11) is 0. The second-order valence-electron chi connectivity index (χ2n) is 7.62. The van der Waals surface area contributed by atoms with Crippen molar-refractivity contribution in [2.75, 3.05) is 5.32 Å². The highest BCUT2D eigenvalue weighted by molar-refractivity contribution is 7.13. The molecule has 2 aromatic carbocycles. The fourth-order valence-electron chi connectivity index (χ4n) is 3.59. The quantitative estimate of drug-likeness (QED) is 0.323. The number of thiophene rings is 1. The molecule has 2 N–H and O–H groups in total. The van der Waals surface area contributed by atoms with Crippen LogP contribution in [0, 0.1) is 0 Å². The number of anilines is 1. The fourth-order valence-corrected chi connectivity index (χ4v) is 4.27. The number of carbonyl (C=O) groups is 1. The highest BCUT2D eigenvalue weighted by atomic mass is 32.1. The number of nitrogens with zero attached hydrogens (tertiary/aromatic N) is 3. The van der Waals surface area contributed by atoms with Gasteiger partial charge in [-0.25, -0.2) is 4.98 Å². The number of hydrogen-bond acceptors (Lipinski definition) is 5. The molecule has 7 nitrogen and oxygen atoms in total. The van der Waals surface area contributed by atoms with Gasteiger partial charge in [0.25, 0.3) is 11.5 Å². The van der Waals surface area contributed by atoms with Crippen LogP contribution in [0.5, 0.6) is 0 Å². The molecule has 36 heavy (non-hydrogen) atoms. The number of amides is 1. The number of aromatic amines is 1. The maximum Gasteiger partial charge on any atom is 0.417 e. The summed E-state index contributed by atoms with van der Waals surface area (Å²) in [6, 6.07) is 19.9. The van der Waals surface area contributed by atoms with Gasteiger partial charge in [0.2, 0.25) is 5.95 Å². The zero-order chi connectivity index (χ0) is 25.3. The third-order valence-electron chi connectivity index (χ3n) is 5.20. The Bertz CT molecular complexity index is 1590. The minimum absolute atomic E-state index is 0.0106. The van der Waals surface area contributed by atoms with E-state index in [0.717, 1.165) is 17.0 Å². The van der Waals surface area contributed by atoms with Gasteiger partial charge in [-0.05, 0) is 23.6 Å². The molecule has 3 heterocycles. The Morgan fingerprint density at radius 1 is 0.944 bits per heavy atom. The molecule has 0 aliphatic carbocycles. The molecular formula is C25H16F3N5O2S. The third kappa shape index (κ3) is 4.68. The number of nitrogens with one attached hydrogen (secondary N) is 2. The first-order valence-corrected chi connectivity index (χ1v) is 11.5. The maximum absolute atomic E-state index is 13.5. The molecule has 0 saturated carbocycles. The van der Waals surface area contributed by atoms with E-state index in [-0.39, 0.29) is 11.8 Å². The van der Waals surface area contributed by atoms with E-state index in [0.29, 0.717) is 17.0 Å². The van der Waals surface area contributed by atoms with E-state index in [2.05, 4.69) is 20.4 Å². The van der Waals surface area contributed by atoms with E-state index < -0.39 is 28.8 Å². The van der Waals surface area contributed by atoms with Crippen LogP contribution in [0.3, 0.4) is 0 Å². The number of halogens is 3. The number of alkyl halides is 3. The molecule has 0 saturated heterocycles. The SMILES string of the molecule is O=C(Nc1cc(-c2cccs2)nn1-c1nc(-c2ccccc2)cc(=O)[nH]1)c1ccccc1C(F)(F)F. The van der Waals surface area contributed by atoms with Gasteiger partial charge in [0, 0.05) is 17.7 Å². The van der Waals surface area contributed by atoms with Crippen molar-refractivity contribution in [2.24, 2.45) is 0 Å². The average molecular weight is 507 g/mol. The molecule has 5 rings (SSSR count). The summed E-state index contributed by atoms with van der Waals surface area (Å²) in [5.41, 5.74) is -0.592. The van der Waals surface area contributed by atoms with Crippen LogP contribution in [0.2, 0.25) is 0 Å². The van der Waals surface area contributed by atoms with Crippen molar-refractivity contribution in [2.45, 2.75) is 6.18 Å². The van der Waals surface area contributed by atoms with Crippen molar-refractivity contribution >= 4 is 23.1 Å². The average Bonchev–Trinajstić information content (AvgIpc) is 3.54. The van der Waals surface area contributed by atoms with E-state index in [9.17, 15) is 22.8 Å². The second kappa shape index (κ2) is 9.27. The first kappa shape index (κ1) is 23.2. The summed E-state index contributed by atoms with van der Waals surface area (Å²) in [4.78, 5) is 33.3. The van der Waals surface area contributed by atoms with Crippen molar-refractivity contribution in [3.05, 3.63) is 106 Å². The molecule has 3 aromatic heterocycles. The van der Waals surface area contributed by atoms with Crippen molar-refractivity contribution in [3.8, 4) is 27.8 Å². The molecule has 0 atom stereocenters. The first-order valence-electron chi connectivity index (χ1n) is 10.6. The predicted octanol–water partition coefficient (Wildman–Crippen LogP) is 5.62. The van der Waals surface area contributed by atoms with E-state index in [1.165, 1.54) is 40.3 Å². The minimum Gasteiger partial charge on any atom is -0.306 e. The van der Waals surface area contributed by atoms with Crippen LogP contribution in [0.25, 0.3) is 27.8 Å². The van der Waals surface area contributed by atoms with Gasteiger partial charge in [-0.3, -0.25) is 14.6 Å². The van der Waals surface area contributed by atoms with E-state index in [1.54, 1.807) is 30.3 Å². The zero-order valence-corrected chi connectivity index (χ0v) is 19.1. The number of aromatic nitrogens is 4. The van der Waals surface area contributed by atoms with Gasteiger partial charge in [0.15, 0.2) is 0 Å². The molecule has 1 amide bonds. The van der Waals surface area contributed by atoms with Crippen molar-refractivity contribution in [3.63, 3.8) is 0 Å². The van der Waals surface area contributed by atoms with Gasteiger partial charge < -0.3 is 5.32 Å². The van der Waals surface area contributed by atoms with Gasteiger partial charge >= 0.3 is 6.18 Å². The maximum atomic E-state index is 13.5. The van der Waals surface area contributed by atoms with Crippen LogP contribution in [-0.4, -0.2) is 25.7 Å². The standard InChI is InChI=1S/C25H16F3N5O2S/c26-25(27,28)17-10-5-4-9-16(17)23(35)30-21-13-19(20-11-6-12-36-20)32-33(21)24-29-18(14-22(34)31-24)15-7-2-1-3-8-15/h1-14H,(H,30,35)(H,29,31,34). The van der Waals surface area contributed by atoms with Gasteiger partial charge in [-0.1, -0.05) is 48.5 Å². The molecule has 0 aliphatic heterocycles. The number of benzene rings is 2. The van der Waals surface area contributed by atoms with Crippen LogP contribution in [-0.2, 0) is 6.18 Å². The smallest absolute Gasteiger partial charge is 0.306 e. The fraction of sp³-hybridized carbons (Fsp3) is 0.0400. The molecule has 0 fully saturated rings. The lowest BCUT2D eigenvalue weighted by Gasteiger charge is -2.13. The molecule has 5 aromatic rings. The second-order valence-corrected chi connectivity index (χ2v) is 8.57. The van der Waals surface area contributed by atoms with Gasteiger partial charge in [0.05, 0.1) is 21.7 Å². The lowest BCUT2D eigenvalue weighted by atomic mass is 10.1. The van der Waals surface area contributed by atoms with Crippen LogP contribution in [0.15, 0.2) is 89.0 Å². The predicted molar refractivity (Wildman–Crippen MR) is 130 cm³/mol. The zero-order valence-electron chi connectivity index (χ0n) is 18.3. The van der Waals surface area contributed by atoms with E-state index >= 15 is 0 Å². The van der Waals surface area contributed by atoms with Crippen LogP contribution >= 0.6 is 11.3 Å². The minimum atomic E-state index is -4.72. The van der Waals surface area contributed by atoms with Gasteiger partial charge in [0.1, 0.15) is 11.5 Å². The summed E-state index contributed by atoms with van der Waals surface area (Å²) in [5, 5.41) is 8.81. The molecule has 0 aliphatic rings. The summed E-state index contributed by atoms with van der Waals surface area (Å²) in [6.45, 7) is 0. The van der Waals surface area contributed by atoms with Gasteiger partial charge in [-0.15, -0.1) is 11.3 Å². The lowest BCUT2D eigenvalue weighted by Crippen LogP contribution is -2.21. The largest absolute Gasteiger partial charge is 0.417 e. The Morgan fingerprint density at radius 3 is 2.42 bits per heavy atom. The van der Waals surface area contributed by atoms with Crippen molar-refractivity contribution in [1.82, 2.24) is 19.7 Å². The Kier molecular flexibility index (Phi) is 5.98. The molecular weight excluding hydrogens is 491 g/mol. The lowest BCUT2D eigenvalue weighted by molar-refractivity contribution is -0.137. The number of H-pyrrole nitrogens is 1. The topological polar surface area (TPSA) is 92.7 Å². The van der Waals surface area contributed by atoms with E-state index in [1.807, 2.05) is 17.5 Å². The monoisotopic (exact) mass is 507 g/mol. The van der Waals surface area contributed by atoms with Crippen LogP contribution in [0.4, 0.5) is 19.0 Å². The summed E-state index contributed by atoms with van der Waals surface area (Å²) in [5.74, 6) is -0.958. The van der Waals surface area contributed by atoms with Crippen LogP contribution < -0.4 is 10.9 Å². The van der Waals surface area contributed by atoms with Gasteiger partial charge in [-0.2, -0.15) is 23.0 Å². The summed E-state index contributed by atoms with van der Waals surface area (Å²) >= 11 is 1.39. The normalized spacial score (nSPS) is 11.4. The Labute approximate surface area is 205 Å². The Hall–Kier alpha value is -4.51. The molecule has 0 spiro atoms. The Morgan fingerprint density at radius 2 is 1.69 bits per heavy atom. The highest BCUT2D eigenvalue weighted by Gasteiger charge is 2.35. The van der Waals surface area contributed by atoms with Crippen LogP contribution in [0.1, 0.15) is 15.9 Å². The summed E-state index contributed by atoms with van der Waals surface area (Å²) in [6.07, 6.45) is -4.72. The molecule has 11 heteroatoms. The number of hydrogen-bond donors (Lipinski definition) is 2. The number of carbonyl (C=O) groups excluding carboxylic acids is 1. The molecule has 0 bridgehead atoms. The van der Waals surface area contributed by atoms with E-state index in [4.69, 9.17) is 0 Å². The molecule has 180 valence electrons.